The van der Waals surface area contributed by atoms with Crippen LogP contribution in [-0.4, -0.2) is 74.0 Å². The number of benzene rings is 1. The van der Waals surface area contributed by atoms with Gasteiger partial charge in [-0.3, -0.25) is 19.3 Å². The molecule has 3 rings (SSSR count). The van der Waals surface area contributed by atoms with E-state index < -0.39 is 23.2 Å². The maximum absolute atomic E-state index is 13.0. The summed E-state index contributed by atoms with van der Waals surface area (Å²) in [5.41, 5.74) is 0. The maximum Gasteiger partial charge on any atom is 0.326 e. The Labute approximate surface area is 184 Å². The van der Waals surface area contributed by atoms with Crippen molar-refractivity contribution in [3.63, 3.8) is 0 Å². The van der Waals surface area contributed by atoms with Gasteiger partial charge in [-0.2, -0.15) is 0 Å². The van der Waals surface area contributed by atoms with Gasteiger partial charge >= 0.3 is 5.97 Å². The number of likely N-dealkylation sites (tertiary alicyclic amines) is 2. The van der Waals surface area contributed by atoms with Crippen LogP contribution < -0.4 is 0 Å². The average Bonchev–Trinajstić information content (AvgIpc) is 3.26. The van der Waals surface area contributed by atoms with Gasteiger partial charge in [0, 0.05) is 41.3 Å². The summed E-state index contributed by atoms with van der Waals surface area (Å²) in [6.45, 7) is 4.26. The Hall–Kier alpha value is -2.00. The summed E-state index contributed by atoms with van der Waals surface area (Å²) in [4.78, 5) is 52.6. The maximum atomic E-state index is 13.0. The minimum Gasteiger partial charge on any atom is -0.480 e. The van der Waals surface area contributed by atoms with Crippen LogP contribution in [0.25, 0.3) is 0 Å². The molecule has 30 heavy (non-hydrogen) atoms. The van der Waals surface area contributed by atoms with Crippen molar-refractivity contribution in [3.05, 3.63) is 30.3 Å². The largest absolute Gasteiger partial charge is 0.480 e. The number of carboxylic acids is 1. The van der Waals surface area contributed by atoms with Gasteiger partial charge in [0.1, 0.15) is 6.04 Å². The molecule has 2 fully saturated rings. The standard InChI is InChI=1S/C21H26N2O5S2/c1-3-22-18(24)10-17(20(22)26)29-12-13(2)19(25)23-11-15(9-16(23)21(27)28)30-14-7-5-4-6-8-14/h4-8,13,15-17H,3,9-12H2,1-2H3,(H,27,28)/t13-,15+,16+,17?/m1/s1. The molecule has 0 spiro atoms. The summed E-state index contributed by atoms with van der Waals surface area (Å²) in [5.74, 6) is -1.64. The highest BCUT2D eigenvalue weighted by molar-refractivity contribution is 8.00. The Balaban J connectivity index is 1.59. The number of hydrogen-bond acceptors (Lipinski definition) is 6. The number of carbonyl (C=O) groups excluding carboxylic acids is 3. The lowest BCUT2D eigenvalue weighted by molar-refractivity contribution is -0.149. The van der Waals surface area contributed by atoms with Crippen molar-refractivity contribution in [3.8, 4) is 0 Å². The summed E-state index contributed by atoms with van der Waals surface area (Å²) in [6, 6.07) is 8.91. The summed E-state index contributed by atoms with van der Waals surface area (Å²) in [7, 11) is 0. The van der Waals surface area contributed by atoms with Crippen LogP contribution in [0.2, 0.25) is 0 Å². The van der Waals surface area contributed by atoms with Gasteiger partial charge in [-0.1, -0.05) is 25.1 Å². The quantitative estimate of drug-likeness (QED) is 0.608. The summed E-state index contributed by atoms with van der Waals surface area (Å²) >= 11 is 2.90. The van der Waals surface area contributed by atoms with Crippen LogP contribution in [-0.2, 0) is 19.2 Å². The van der Waals surface area contributed by atoms with E-state index in [9.17, 15) is 24.3 Å². The van der Waals surface area contributed by atoms with Crippen molar-refractivity contribution in [1.82, 2.24) is 9.80 Å². The lowest BCUT2D eigenvalue weighted by Gasteiger charge is -2.25. The molecule has 0 aliphatic carbocycles. The normalized spacial score (nSPS) is 25.1. The van der Waals surface area contributed by atoms with Crippen molar-refractivity contribution in [2.75, 3.05) is 18.8 Å². The summed E-state index contributed by atoms with van der Waals surface area (Å²) < 4.78 is 0. The highest BCUT2D eigenvalue weighted by Crippen LogP contribution is 2.34. The number of amides is 3. The van der Waals surface area contributed by atoms with Gasteiger partial charge in [0.25, 0.3) is 0 Å². The van der Waals surface area contributed by atoms with Gasteiger partial charge in [0.05, 0.1) is 5.25 Å². The lowest BCUT2D eigenvalue weighted by atomic mass is 10.1. The van der Waals surface area contributed by atoms with E-state index in [-0.39, 0.29) is 29.4 Å². The van der Waals surface area contributed by atoms with Crippen molar-refractivity contribution in [2.24, 2.45) is 5.92 Å². The second-order valence-electron chi connectivity index (χ2n) is 7.54. The fourth-order valence-corrected chi connectivity index (χ4v) is 6.19. The minimum atomic E-state index is -0.991. The molecule has 9 heteroatoms. The van der Waals surface area contributed by atoms with E-state index in [1.165, 1.54) is 21.6 Å². The molecule has 2 saturated heterocycles. The summed E-state index contributed by atoms with van der Waals surface area (Å²) in [5, 5.41) is 9.19. The Kier molecular flexibility index (Phi) is 7.46. The van der Waals surface area contributed by atoms with E-state index in [2.05, 4.69) is 0 Å². The number of carboxylic acid groups (broad SMARTS) is 1. The lowest BCUT2D eigenvalue weighted by Crippen LogP contribution is -2.43. The van der Waals surface area contributed by atoms with E-state index in [0.717, 1.165) is 4.90 Å². The third-order valence-corrected chi connectivity index (χ3v) is 8.05. The van der Waals surface area contributed by atoms with Crippen LogP contribution in [0.1, 0.15) is 26.7 Å². The number of rotatable bonds is 8. The Morgan fingerprint density at radius 3 is 2.53 bits per heavy atom. The number of imide groups is 1. The zero-order chi connectivity index (χ0) is 21.8. The molecule has 3 amide bonds. The molecular weight excluding hydrogens is 424 g/mol. The van der Waals surface area contributed by atoms with E-state index in [4.69, 9.17) is 0 Å². The molecule has 7 nitrogen and oxygen atoms in total. The molecule has 1 aromatic rings. The monoisotopic (exact) mass is 450 g/mol. The molecule has 0 bridgehead atoms. The zero-order valence-corrected chi connectivity index (χ0v) is 18.7. The molecule has 1 unspecified atom stereocenters. The van der Waals surface area contributed by atoms with Crippen LogP contribution in [0.5, 0.6) is 0 Å². The van der Waals surface area contributed by atoms with Gasteiger partial charge in [-0.15, -0.1) is 23.5 Å². The van der Waals surface area contributed by atoms with Crippen molar-refractivity contribution >= 4 is 47.2 Å². The summed E-state index contributed by atoms with van der Waals surface area (Å²) in [6.07, 6.45) is 0.567. The van der Waals surface area contributed by atoms with Crippen LogP contribution in [0.4, 0.5) is 0 Å². The predicted molar refractivity (Wildman–Crippen MR) is 116 cm³/mol. The molecule has 0 radical (unpaired) electrons. The third-order valence-electron chi connectivity index (χ3n) is 5.36. The average molecular weight is 451 g/mol. The highest BCUT2D eigenvalue weighted by atomic mass is 32.2. The van der Waals surface area contributed by atoms with Crippen LogP contribution >= 0.6 is 23.5 Å². The fraction of sp³-hybridized carbons (Fsp3) is 0.524. The number of hydrogen-bond donors (Lipinski definition) is 1. The van der Waals surface area contributed by atoms with Gasteiger partial charge in [0.2, 0.25) is 17.7 Å². The van der Waals surface area contributed by atoms with Gasteiger partial charge in [0.15, 0.2) is 0 Å². The van der Waals surface area contributed by atoms with Crippen molar-refractivity contribution in [1.29, 1.82) is 0 Å². The number of thioether (sulfide) groups is 2. The molecule has 1 aromatic carbocycles. The first-order chi connectivity index (χ1) is 14.3. The first-order valence-corrected chi connectivity index (χ1v) is 12.0. The SMILES string of the molecule is CCN1C(=O)CC(SC[C@@H](C)C(=O)N2C[C@@H](Sc3ccccc3)C[C@H]2C(=O)O)C1=O. The van der Waals surface area contributed by atoms with Crippen LogP contribution in [0, 0.1) is 5.92 Å². The van der Waals surface area contributed by atoms with E-state index in [1.54, 1.807) is 25.6 Å². The molecule has 0 aromatic heterocycles. The van der Waals surface area contributed by atoms with Gasteiger partial charge in [-0.05, 0) is 25.5 Å². The van der Waals surface area contributed by atoms with Crippen molar-refractivity contribution in [2.45, 2.75) is 48.1 Å². The van der Waals surface area contributed by atoms with Crippen molar-refractivity contribution < 1.29 is 24.3 Å². The van der Waals surface area contributed by atoms with Crippen LogP contribution in [0.15, 0.2) is 35.2 Å². The second kappa shape index (κ2) is 9.87. The molecule has 162 valence electrons. The van der Waals surface area contributed by atoms with Gasteiger partial charge in [-0.25, -0.2) is 4.79 Å². The molecule has 2 aliphatic heterocycles. The van der Waals surface area contributed by atoms with E-state index in [1.807, 2.05) is 30.3 Å². The van der Waals surface area contributed by atoms with E-state index >= 15 is 0 Å². The number of aliphatic carboxylic acids is 1. The fourth-order valence-electron chi connectivity index (χ4n) is 3.78. The highest BCUT2D eigenvalue weighted by Gasteiger charge is 2.42. The topological polar surface area (TPSA) is 95.0 Å². The molecule has 1 N–H and O–H groups in total. The Morgan fingerprint density at radius 2 is 1.93 bits per heavy atom. The van der Waals surface area contributed by atoms with Crippen LogP contribution in [0.3, 0.4) is 0 Å². The predicted octanol–water partition coefficient (Wildman–Crippen LogP) is 2.35. The molecule has 4 atom stereocenters. The molecule has 2 aliphatic rings. The smallest absolute Gasteiger partial charge is 0.326 e. The van der Waals surface area contributed by atoms with Gasteiger partial charge < -0.3 is 10.0 Å². The first kappa shape index (κ1) is 22.7. The second-order valence-corrected chi connectivity index (χ2v) is 10.1. The number of nitrogens with zero attached hydrogens (tertiary/aromatic N) is 2. The Morgan fingerprint density at radius 1 is 1.23 bits per heavy atom. The third kappa shape index (κ3) is 5.00. The first-order valence-electron chi connectivity index (χ1n) is 10.0. The molecule has 0 saturated carbocycles. The molecule has 2 heterocycles. The molecular formula is C21H26N2O5S2. The van der Waals surface area contributed by atoms with E-state index in [0.29, 0.717) is 25.3 Å². The Bertz CT molecular complexity index is 819. The number of carbonyl (C=O) groups is 4. The minimum absolute atomic E-state index is 0.0180. The zero-order valence-electron chi connectivity index (χ0n) is 17.0.